The van der Waals surface area contributed by atoms with Crippen LogP contribution in [0.5, 0.6) is 0 Å². The normalized spacial score (nSPS) is 3.43. The van der Waals surface area contributed by atoms with Gasteiger partial charge in [0.1, 0.15) is 0 Å². The van der Waals surface area contributed by atoms with Gasteiger partial charge in [0.2, 0.25) is 0 Å². The van der Waals surface area contributed by atoms with E-state index in [0.717, 1.165) is 0 Å². The minimum atomic E-state index is -1.83. The Kier molecular flexibility index (Phi) is 54.5. The fourth-order valence-electron chi connectivity index (χ4n) is 0. The molecule has 0 saturated carbocycles. The molecule has 0 aliphatic heterocycles. The zero-order valence-corrected chi connectivity index (χ0v) is 8.26. The number of carbonyl (C=O) groups is 1. The average Bonchev–Trinajstić information content (AvgIpc) is 0.811. The van der Waals surface area contributed by atoms with Crippen LogP contribution < -0.4 is 29.6 Å². The smallest absolute Gasteiger partial charge is 1.00 e. The Labute approximate surface area is 83.1 Å². The van der Waals surface area contributed by atoms with Gasteiger partial charge in [0.25, 0.3) is 0 Å². The number of rotatable bonds is 0. The SMILES string of the molecule is O.O=C(O)O.[H-].[Na+].[Zr]. The van der Waals surface area contributed by atoms with Gasteiger partial charge in [-0.1, -0.05) is 0 Å². The molecular weight excluding hydrogens is 190 g/mol. The third-order valence-corrected chi connectivity index (χ3v) is 0. The maximum absolute atomic E-state index is 8.56. The van der Waals surface area contributed by atoms with Crippen LogP contribution in [0.15, 0.2) is 0 Å². The fraction of sp³-hybridized carbons (Fsp3) is 0. The Bertz CT molecular complexity index is 39.0. The summed E-state index contributed by atoms with van der Waals surface area (Å²) in [5, 5.41) is 13.9. The van der Waals surface area contributed by atoms with Crippen molar-refractivity contribution in [1.29, 1.82) is 0 Å². The molecule has 0 bridgehead atoms. The quantitative estimate of drug-likeness (QED) is 0.393. The Hall–Kier alpha value is 1.11. The van der Waals surface area contributed by atoms with E-state index in [1.165, 1.54) is 0 Å². The molecule has 38 valence electrons. The predicted octanol–water partition coefficient (Wildman–Crippen LogP) is -3.49. The molecule has 0 rings (SSSR count). The van der Waals surface area contributed by atoms with Crippen LogP contribution in [0.3, 0.4) is 0 Å². The van der Waals surface area contributed by atoms with Crippen LogP contribution in [-0.4, -0.2) is 21.8 Å². The van der Waals surface area contributed by atoms with E-state index >= 15 is 0 Å². The van der Waals surface area contributed by atoms with Crippen molar-refractivity contribution in [3.8, 4) is 0 Å². The Morgan fingerprint density at radius 2 is 1.43 bits per heavy atom. The largest absolute Gasteiger partial charge is 1.00 e. The average molecular weight is 195 g/mol. The van der Waals surface area contributed by atoms with Gasteiger partial charge in [-0.05, 0) is 0 Å². The van der Waals surface area contributed by atoms with Crippen LogP contribution >= 0.6 is 0 Å². The molecule has 0 aromatic carbocycles. The van der Waals surface area contributed by atoms with Crippen molar-refractivity contribution < 1.29 is 77.7 Å². The summed E-state index contributed by atoms with van der Waals surface area (Å²) in [6.45, 7) is 0. The van der Waals surface area contributed by atoms with Crippen molar-refractivity contribution in [2.75, 3.05) is 0 Å². The molecule has 4 nitrogen and oxygen atoms in total. The molecule has 0 aromatic heterocycles. The van der Waals surface area contributed by atoms with Crippen molar-refractivity contribution in [2.45, 2.75) is 0 Å². The summed E-state index contributed by atoms with van der Waals surface area (Å²) in [6.07, 6.45) is -1.83. The van der Waals surface area contributed by atoms with E-state index in [1.54, 1.807) is 0 Å². The maximum atomic E-state index is 8.56. The molecule has 4 N–H and O–H groups in total. The van der Waals surface area contributed by atoms with Crippen LogP contribution in [0.4, 0.5) is 4.79 Å². The molecule has 0 amide bonds. The van der Waals surface area contributed by atoms with Crippen LogP contribution in [-0.2, 0) is 26.2 Å². The van der Waals surface area contributed by atoms with E-state index in [1.807, 2.05) is 0 Å². The summed E-state index contributed by atoms with van der Waals surface area (Å²) in [5.41, 5.74) is 0. The Morgan fingerprint density at radius 1 is 1.43 bits per heavy atom. The zero-order chi connectivity index (χ0) is 3.58. The molecule has 0 aromatic rings. The van der Waals surface area contributed by atoms with E-state index < -0.39 is 6.16 Å². The van der Waals surface area contributed by atoms with Crippen LogP contribution in [0.2, 0.25) is 0 Å². The minimum absolute atomic E-state index is 0. The van der Waals surface area contributed by atoms with Crippen molar-refractivity contribution in [1.82, 2.24) is 0 Å². The second kappa shape index (κ2) is 15.7. The number of hydrogen-bond donors (Lipinski definition) is 2. The first-order valence-corrected chi connectivity index (χ1v) is 0.651. The molecule has 0 heterocycles. The summed E-state index contributed by atoms with van der Waals surface area (Å²) >= 11 is 0. The minimum Gasteiger partial charge on any atom is -1.00 e. The van der Waals surface area contributed by atoms with Gasteiger partial charge in [-0.15, -0.1) is 0 Å². The van der Waals surface area contributed by atoms with E-state index in [2.05, 4.69) is 0 Å². The fourth-order valence-corrected chi connectivity index (χ4v) is 0. The molecule has 0 saturated heterocycles. The summed E-state index contributed by atoms with van der Waals surface area (Å²) in [4.78, 5) is 8.56. The Morgan fingerprint density at radius 3 is 1.43 bits per heavy atom. The molecule has 0 radical (unpaired) electrons. The van der Waals surface area contributed by atoms with Gasteiger partial charge in [0, 0.05) is 26.2 Å². The van der Waals surface area contributed by atoms with Crippen molar-refractivity contribution >= 4 is 6.16 Å². The molecule has 6 heteroatoms. The van der Waals surface area contributed by atoms with Crippen molar-refractivity contribution in [3.63, 3.8) is 0 Å². The van der Waals surface area contributed by atoms with E-state index in [0.29, 0.717) is 0 Å². The monoisotopic (exact) mass is 194 g/mol. The van der Waals surface area contributed by atoms with Crippen LogP contribution in [0, 0.1) is 0 Å². The van der Waals surface area contributed by atoms with E-state index in [4.69, 9.17) is 15.0 Å². The summed E-state index contributed by atoms with van der Waals surface area (Å²) in [6, 6.07) is 0. The molecule has 7 heavy (non-hydrogen) atoms. The van der Waals surface area contributed by atoms with Gasteiger partial charge < -0.3 is 17.1 Å². The first kappa shape index (κ1) is 24.3. The van der Waals surface area contributed by atoms with Gasteiger partial charge in [-0.3, -0.25) is 0 Å². The van der Waals surface area contributed by atoms with Gasteiger partial charge >= 0.3 is 35.7 Å². The molecule has 0 fully saturated rings. The maximum Gasteiger partial charge on any atom is 1.00 e. The summed E-state index contributed by atoms with van der Waals surface area (Å²) in [5.74, 6) is 0. The first-order chi connectivity index (χ1) is 1.73. The third-order valence-electron chi connectivity index (χ3n) is 0. The number of carboxylic acid groups (broad SMARTS) is 2. The molecule has 0 unspecified atom stereocenters. The Balaban J connectivity index is -0.00000000750. The van der Waals surface area contributed by atoms with Gasteiger partial charge in [-0.25, -0.2) is 4.79 Å². The topological polar surface area (TPSA) is 89.0 Å². The third kappa shape index (κ3) is 150. The van der Waals surface area contributed by atoms with E-state index in [-0.39, 0.29) is 62.7 Å². The molecule has 0 aliphatic rings. The van der Waals surface area contributed by atoms with Gasteiger partial charge in [0.05, 0.1) is 0 Å². The van der Waals surface area contributed by atoms with Gasteiger partial charge in [-0.2, -0.15) is 0 Å². The predicted molar refractivity (Wildman–Crippen MR) is 15.4 cm³/mol. The van der Waals surface area contributed by atoms with Crippen molar-refractivity contribution in [2.24, 2.45) is 0 Å². The van der Waals surface area contributed by atoms with E-state index in [9.17, 15) is 0 Å². The van der Waals surface area contributed by atoms with Gasteiger partial charge in [0.15, 0.2) is 0 Å². The first-order valence-electron chi connectivity index (χ1n) is 0.651. The van der Waals surface area contributed by atoms with Crippen molar-refractivity contribution in [3.05, 3.63) is 0 Å². The molecular formula is CH5NaO4Zr. The number of hydrogen-bond acceptors (Lipinski definition) is 1. The van der Waals surface area contributed by atoms with Crippen LogP contribution in [0.1, 0.15) is 1.43 Å². The molecule has 0 spiro atoms. The second-order valence-corrected chi connectivity index (χ2v) is 0.283. The summed E-state index contributed by atoms with van der Waals surface area (Å²) < 4.78 is 0. The summed E-state index contributed by atoms with van der Waals surface area (Å²) in [7, 11) is 0. The zero-order valence-electron chi connectivity index (χ0n) is 4.80. The molecule has 0 aliphatic carbocycles. The molecule has 0 atom stereocenters. The second-order valence-electron chi connectivity index (χ2n) is 0.283. The van der Waals surface area contributed by atoms with Crippen LogP contribution in [0.25, 0.3) is 0 Å². The standard InChI is InChI=1S/CH2O3.Na.H2O.Zr.H/c2-1(3)4;;;;/h(H2,2,3,4);;1H2;;/q;+1;;;-1.